The van der Waals surface area contributed by atoms with Crippen molar-refractivity contribution in [3.05, 3.63) is 0 Å². The van der Waals surface area contributed by atoms with Crippen LogP contribution in [0, 0.1) is 0 Å². The summed E-state index contributed by atoms with van der Waals surface area (Å²) in [7, 11) is 0. The number of alkyl halides is 14. The van der Waals surface area contributed by atoms with E-state index in [9.17, 15) is 61.5 Å². The van der Waals surface area contributed by atoms with Crippen LogP contribution in [-0.4, -0.2) is 47.6 Å². The van der Waals surface area contributed by atoms with Gasteiger partial charge in [0.25, 0.3) is 0 Å². The molecule has 0 heterocycles. The van der Waals surface area contributed by atoms with E-state index in [4.69, 9.17) is 0 Å². The molecule has 0 aromatic rings. The maximum absolute atomic E-state index is 13.2. The summed E-state index contributed by atoms with van der Waals surface area (Å²) >= 11 is 13.1. The first-order valence-electron chi connectivity index (χ1n) is 5.54. The van der Waals surface area contributed by atoms with E-state index in [-0.39, 0.29) is 0 Å². The minimum Gasteiger partial charge on any atom is -0.240 e. The van der Waals surface area contributed by atoms with Gasteiger partial charge in [-0.1, -0.05) is 0 Å². The molecule has 0 aliphatic heterocycles. The quantitative estimate of drug-likeness (QED) is 0.209. The lowest BCUT2D eigenvalue weighted by atomic mass is 9.94. The largest absolute Gasteiger partial charge is 0.424 e. The zero-order valence-electron chi connectivity index (χ0n) is 11.2. The van der Waals surface area contributed by atoms with Crippen molar-refractivity contribution in [3.63, 3.8) is 0 Å². The summed E-state index contributed by atoms with van der Waals surface area (Å²) < 4.78 is 180. The average Bonchev–Trinajstić information content (AvgIpc) is 2.34. The third-order valence-corrected chi connectivity index (χ3v) is 5.92. The van der Waals surface area contributed by atoms with E-state index in [1.165, 1.54) is 0 Å². The van der Waals surface area contributed by atoms with Gasteiger partial charge >= 0.3 is 41.4 Å². The summed E-state index contributed by atoms with van der Waals surface area (Å²) in [5, 5.41) is 0. The molecule has 26 heavy (non-hydrogen) atoms. The van der Waals surface area contributed by atoms with Crippen LogP contribution in [-0.2, 0) is 0 Å². The summed E-state index contributed by atoms with van der Waals surface area (Å²) in [6, 6.07) is -6.33. The van der Waals surface area contributed by atoms with Crippen molar-refractivity contribution in [1.29, 1.82) is 0 Å². The fraction of sp³-hybridized carbons (Fsp3) is 1.00. The zero-order chi connectivity index (χ0) is 21.8. The topological polar surface area (TPSA) is 0 Å². The summed E-state index contributed by atoms with van der Waals surface area (Å²) in [5.41, 5.74) is -6.59. The van der Waals surface area contributed by atoms with Gasteiger partial charge in [-0.05, 0) is 0 Å². The van der Waals surface area contributed by atoms with Gasteiger partial charge in [-0.3, -0.25) is 0 Å². The molecule has 0 N–H and O–H groups in total. The Bertz CT molecular complexity index is 509. The third-order valence-electron chi connectivity index (χ3n) is 2.76. The van der Waals surface area contributed by atoms with E-state index in [0.29, 0.717) is 0 Å². The normalized spacial score (nSPS) is 17.4. The second-order valence-electron chi connectivity index (χ2n) is 4.71. The van der Waals surface area contributed by atoms with E-state index in [2.05, 4.69) is 33.2 Å². The van der Waals surface area contributed by atoms with Crippen molar-refractivity contribution < 1.29 is 61.5 Å². The van der Waals surface area contributed by atoms with E-state index < -0.39 is 54.0 Å². The fourth-order valence-electron chi connectivity index (χ4n) is 1.31. The molecular weight excluding hydrogens is 497 g/mol. The number of rotatable bonds is 7. The standard InChI is InChI=1S/C8H3Cl3F14Si/c9-26(10,11)8(24,25)7(22,23)6(20,21)5(18,19)4(16,17)2(12)1-3(13,14)15/h2H,1H2. The summed E-state index contributed by atoms with van der Waals surface area (Å²) in [4.78, 5) is 0. The van der Waals surface area contributed by atoms with Crippen LogP contribution in [0.2, 0.25) is 0 Å². The molecule has 18 heteroatoms. The summed E-state index contributed by atoms with van der Waals surface area (Å²) in [5.74, 6) is -30.2. The maximum atomic E-state index is 13.2. The first kappa shape index (κ1) is 26.1. The van der Waals surface area contributed by atoms with E-state index in [1.807, 2.05) is 0 Å². The molecule has 158 valence electrons. The Hall–Kier alpha value is 0.107. The molecule has 0 rings (SSSR count). The first-order valence-corrected chi connectivity index (χ1v) is 10.6. The van der Waals surface area contributed by atoms with Crippen LogP contribution in [0.4, 0.5) is 61.5 Å². The Morgan fingerprint density at radius 3 is 1.23 bits per heavy atom. The Balaban J connectivity index is 6.24. The molecule has 0 amide bonds. The van der Waals surface area contributed by atoms with Gasteiger partial charge in [0.2, 0.25) is 0 Å². The molecule has 0 spiro atoms. The number of hydrogen-bond donors (Lipinski definition) is 0. The first-order chi connectivity index (χ1) is 10.9. The molecule has 0 aromatic heterocycles. The molecule has 0 fully saturated rings. The molecule has 0 aromatic carbocycles. The van der Waals surface area contributed by atoms with Crippen molar-refractivity contribution in [1.82, 2.24) is 0 Å². The zero-order valence-corrected chi connectivity index (χ0v) is 14.5. The van der Waals surface area contributed by atoms with Crippen LogP contribution in [0.1, 0.15) is 6.42 Å². The van der Waals surface area contributed by atoms with Crippen LogP contribution in [0.25, 0.3) is 0 Å². The second kappa shape index (κ2) is 6.86. The highest BCUT2D eigenvalue weighted by molar-refractivity contribution is 7.65. The van der Waals surface area contributed by atoms with E-state index >= 15 is 0 Å². The molecule has 1 unspecified atom stereocenters. The third kappa shape index (κ3) is 4.09. The lowest BCUT2D eigenvalue weighted by Crippen LogP contribution is -2.72. The van der Waals surface area contributed by atoms with Crippen molar-refractivity contribution in [2.24, 2.45) is 0 Å². The van der Waals surface area contributed by atoms with Gasteiger partial charge in [-0.15, -0.1) is 33.2 Å². The van der Waals surface area contributed by atoms with Gasteiger partial charge in [-0.2, -0.15) is 57.1 Å². The molecule has 0 saturated carbocycles. The van der Waals surface area contributed by atoms with Gasteiger partial charge in [0, 0.05) is 0 Å². The van der Waals surface area contributed by atoms with Crippen molar-refractivity contribution in [2.45, 2.75) is 48.0 Å². The monoisotopic (exact) mass is 498 g/mol. The van der Waals surface area contributed by atoms with E-state index in [0.717, 1.165) is 0 Å². The molecule has 0 saturated heterocycles. The van der Waals surface area contributed by atoms with Crippen molar-refractivity contribution in [2.75, 3.05) is 0 Å². The van der Waals surface area contributed by atoms with Crippen LogP contribution in [0.5, 0.6) is 0 Å². The molecule has 1 atom stereocenters. The molecular formula is C8H3Cl3F14Si. The van der Waals surface area contributed by atoms with Crippen LogP contribution < -0.4 is 0 Å². The van der Waals surface area contributed by atoms with Crippen LogP contribution in [0.15, 0.2) is 0 Å². The number of halogens is 17. The molecule has 0 aliphatic rings. The van der Waals surface area contributed by atoms with Crippen LogP contribution in [0.3, 0.4) is 0 Å². The van der Waals surface area contributed by atoms with Gasteiger partial charge in [0.15, 0.2) is 6.17 Å². The fourth-order valence-corrected chi connectivity index (χ4v) is 2.89. The Morgan fingerprint density at radius 2 is 0.962 bits per heavy atom. The average molecular weight is 500 g/mol. The highest BCUT2D eigenvalue weighted by Gasteiger charge is 2.90. The van der Waals surface area contributed by atoms with Gasteiger partial charge < -0.3 is 0 Å². The Morgan fingerprint density at radius 1 is 0.615 bits per heavy atom. The predicted octanol–water partition coefficient (Wildman–Crippen LogP) is 6.65. The highest BCUT2D eigenvalue weighted by Crippen LogP contribution is 2.61. The molecule has 0 radical (unpaired) electrons. The van der Waals surface area contributed by atoms with Crippen molar-refractivity contribution in [3.8, 4) is 0 Å². The van der Waals surface area contributed by atoms with Gasteiger partial charge in [-0.25, -0.2) is 4.39 Å². The molecule has 0 nitrogen and oxygen atoms in total. The smallest absolute Gasteiger partial charge is 0.240 e. The second-order valence-corrected chi connectivity index (χ2v) is 13.2. The highest BCUT2D eigenvalue weighted by atomic mass is 35.8. The Labute approximate surface area is 149 Å². The summed E-state index contributed by atoms with van der Waals surface area (Å²) in [6.45, 7) is 0. The minimum absolute atomic E-state index is 3.47. The lowest BCUT2D eigenvalue weighted by molar-refractivity contribution is -0.399. The predicted molar refractivity (Wildman–Crippen MR) is 63.6 cm³/mol. The van der Waals surface area contributed by atoms with Crippen LogP contribution >= 0.6 is 33.2 Å². The number of hydrogen-bond acceptors (Lipinski definition) is 0. The van der Waals surface area contributed by atoms with Gasteiger partial charge in [0.05, 0.1) is 6.42 Å². The van der Waals surface area contributed by atoms with Gasteiger partial charge in [0.1, 0.15) is 0 Å². The summed E-state index contributed by atoms with van der Waals surface area (Å²) in [6.07, 6.45) is -14.6. The molecule has 0 bridgehead atoms. The molecule has 0 aliphatic carbocycles. The minimum atomic E-state index is -7.82. The lowest BCUT2D eigenvalue weighted by Gasteiger charge is -2.41. The van der Waals surface area contributed by atoms with E-state index in [1.54, 1.807) is 0 Å². The Kier molecular flexibility index (Phi) is 6.89. The SMILES string of the molecule is FC(CC(F)(F)F)C(F)(F)C(F)(F)C(F)(F)C(F)(F)C(F)(F)[Si](Cl)(Cl)Cl. The maximum Gasteiger partial charge on any atom is 0.424 e. The van der Waals surface area contributed by atoms with Crippen molar-refractivity contribution >= 4 is 39.2 Å².